The zero-order valence-electron chi connectivity index (χ0n) is 10.6. The molecule has 21 heavy (non-hydrogen) atoms. The van der Waals surface area contributed by atoms with Crippen molar-refractivity contribution in [1.82, 2.24) is 0 Å². The smallest absolute Gasteiger partial charge is 0.258 e. The molecule has 0 fully saturated rings. The van der Waals surface area contributed by atoms with Crippen molar-refractivity contribution in [1.29, 1.82) is 15.8 Å². The van der Waals surface area contributed by atoms with Crippen molar-refractivity contribution in [3.05, 3.63) is 63.2 Å². The summed E-state index contributed by atoms with van der Waals surface area (Å²) in [5.41, 5.74) is 1.42. The number of non-ortho nitro benzene ring substituents is 1. The van der Waals surface area contributed by atoms with Crippen molar-refractivity contribution >= 4 is 5.69 Å². The highest BCUT2D eigenvalue weighted by molar-refractivity contribution is 5.74. The molecule has 6 heteroatoms. The lowest BCUT2D eigenvalue weighted by Crippen LogP contribution is -1.92. The van der Waals surface area contributed by atoms with Crippen LogP contribution in [0, 0.1) is 44.1 Å². The van der Waals surface area contributed by atoms with Gasteiger partial charge in [0.25, 0.3) is 5.69 Å². The van der Waals surface area contributed by atoms with E-state index < -0.39 is 4.92 Å². The number of nitrogens with zero attached hydrogens (tertiary/aromatic N) is 4. The van der Waals surface area contributed by atoms with E-state index in [1.165, 1.54) is 30.3 Å². The maximum atomic E-state index is 10.7. The topological polar surface area (TPSA) is 115 Å². The summed E-state index contributed by atoms with van der Waals surface area (Å²) in [4.78, 5) is 10.1. The number of nitriles is 3. The van der Waals surface area contributed by atoms with Crippen LogP contribution in [-0.2, 0) is 0 Å². The lowest BCUT2D eigenvalue weighted by molar-refractivity contribution is -0.384. The quantitative estimate of drug-likeness (QED) is 0.616. The van der Waals surface area contributed by atoms with E-state index in [-0.39, 0.29) is 22.4 Å². The maximum Gasteiger partial charge on any atom is 0.270 e. The number of rotatable bonds is 2. The van der Waals surface area contributed by atoms with E-state index in [4.69, 9.17) is 15.8 Å². The Morgan fingerprint density at radius 3 is 2.10 bits per heavy atom. The highest BCUT2D eigenvalue weighted by Gasteiger charge is 2.13. The zero-order valence-corrected chi connectivity index (χ0v) is 10.6. The highest BCUT2D eigenvalue weighted by atomic mass is 16.6. The summed E-state index contributed by atoms with van der Waals surface area (Å²) in [6.07, 6.45) is 0. The van der Waals surface area contributed by atoms with Gasteiger partial charge in [0.05, 0.1) is 21.6 Å². The Hall–Kier alpha value is -3.69. The minimum absolute atomic E-state index is 0.137. The SMILES string of the molecule is N#Cc1ccc(-c2ccc([N+](=O)[O-])cc2C#N)cc1C#N. The van der Waals surface area contributed by atoms with Gasteiger partial charge in [-0.25, -0.2) is 0 Å². The van der Waals surface area contributed by atoms with E-state index in [0.29, 0.717) is 11.1 Å². The molecule has 0 spiro atoms. The molecular formula is C15H6N4O2. The standard InChI is InChI=1S/C15H6N4O2/c16-7-11-2-1-10(5-12(11)8-17)15-4-3-14(19(20)21)6-13(15)9-18/h1-6H. The van der Waals surface area contributed by atoms with Crippen molar-refractivity contribution in [3.8, 4) is 29.3 Å². The summed E-state index contributed by atoms with van der Waals surface area (Å²) in [5, 5.41) is 37.7. The largest absolute Gasteiger partial charge is 0.270 e. The van der Waals surface area contributed by atoms with Gasteiger partial charge in [-0.05, 0) is 29.3 Å². The Morgan fingerprint density at radius 2 is 1.52 bits per heavy atom. The minimum Gasteiger partial charge on any atom is -0.258 e. The lowest BCUT2D eigenvalue weighted by Gasteiger charge is -2.05. The molecule has 2 rings (SSSR count). The molecule has 0 aliphatic carbocycles. The van der Waals surface area contributed by atoms with Crippen molar-refractivity contribution in [2.45, 2.75) is 0 Å². The fourth-order valence-corrected chi connectivity index (χ4v) is 1.89. The summed E-state index contributed by atoms with van der Waals surface area (Å²) in [5.74, 6) is 0. The summed E-state index contributed by atoms with van der Waals surface area (Å²) < 4.78 is 0. The second kappa shape index (κ2) is 5.52. The maximum absolute atomic E-state index is 10.7. The first-order valence-corrected chi connectivity index (χ1v) is 5.74. The monoisotopic (exact) mass is 274 g/mol. The van der Waals surface area contributed by atoms with Gasteiger partial charge in [-0.1, -0.05) is 6.07 Å². The molecule has 0 heterocycles. The molecule has 6 nitrogen and oxygen atoms in total. The van der Waals surface area contributed by atoms with Crippen LogP contribution in [-0.4, -0.2) is 4.92 Å². The van der Waals surface area contributed by atoms with E-state index in [9.17, 15) is 10.1 Å². The predicted octanol–water partition coefficient (Wildman–Crippen LogP) is 2.88. The fourth-order valence-electron chi connectivity index (χ4n) is 1.89. The molecule has 0 N–H and O–H groups in total. The summed E-state index contributed by atoms with van der Waals surface area (Å²) >= 11 is 0. The van der Waals surface area contributed by atoms with Gasteiger partial charge >= 0.3 is 0 Å². The van der Waals surface area contributed by atoms with E-state index in [0.717, 1.165) is 0 Å². The zero-order chi connectivity index (χ0) is 15.4. The Labute approximate surface area is 119 Å². The molecule has 2 aromatic rings. The molecule has 0 radical (unpaired) electrons. The van der Waals surface area contributed by atoms with Gasteiger partial charge in [0.15, 0.2) is 0 Å². The molecule has 0 aromatic heterocycles. The molecule has 0 aliphatic rings. The first kappa shape index (κ1) is 13.7. The molecular weight excluding hydrogens is 268 g/mol. The van der Waals surface area contributed by atoms with Crippen LogP contribution in [0.3, 0.4) is 0 Å². The molecule has 0 unspecified atom stereocenters. The molecule has 0 amide bonds. The van der Waals surface area contributed by atoms with E-state index in [1.807, 2.05) is 18.2 Å². The Kier molecular flexibility index (Phi) is 3.61. The van der Waals surface area contributed by atoms with Crippen molar-refractivity contribution < 1.29 is 4.92 Å². The van der Waals surface area contributed by atoms with Gasteiger partial charge in [0.2, 0.25) is 0 Å². The van der Waals surface area contributed by atoms with Crippen LogP contribution in [0.2, 0.25) is 0 Å². The number of hydrogen-bond acceptors (Lipinski definition) is 5. The van der Waals surface area contributed by atoms with E-state index in [1.54, 1.807) is 6.07 Å². The average molecular weight is 274 g/mol. The fraction of sp³-hybridized carbons (Fsp3) is 0. The number of benzene rings is 2. The number of hydrogen-bond donors (Lipinski definition) is 0. The molecule has 2 aromatic carbocycles. The van der Waals surface area contributed by atoms with Crippen LogP contribution in [0.4, 0.5) is 5.69 Å². The third-order valence-electron chi connectivity index (χ3n) is 2.91. The average Bonchev–Trinajstić information content (AvgIpc) is 2.53. The third kappa shape index (κ3) is 2.53. The lowest BCUT2D eigenvalue weighted by atomic mass is 9.96. The molecule has 98 valence electrons. The first-order chi connectivity index (χ1) is 10.1. The van der Waals surface area contributed by atoms with Crippen molar-refractivity contribution in [2.24, 2.45) is 0 Å². The predicted molar refractivity (Wildman–Crippen MR) is 72.7 cm³/mol. The molecule has 0 atom stereocenters. The molecule has 0 aliphatic heterocycles. The molecule has 0 saturated carbocycles. The second-order valence-corrected chi connectivity index (χ2v) is 4.08. The van der Waals surface area contributed by atoms with Crippen LogP contribution in [0.1, 0.15) is 16.7 Å². The second-order valence-electron chi connectivity index (χ2n) is 4.08. The van der Waals surface area contributed by atoms with Crippen molar-refractivity contribution in [3.63, 3.8) is 0 Å². The van der Waals surface area contributed by atoms with Crippen LogP contribution in [0.5, 0.6) is 0 Å². The van der Waals surface area contributed by atoms with Crippen LogP contribution in [0.15, 0.2) is 36.4 Å². The van der Waals surface area contributed by atoms with Crippen LogP contribution >= 0.6 is 0 Å². The van der Waals surface area contributed by atoms with Crippen molar-refractivity contribution in [2.75, 3.05) is 0 Å². The van der Waals surface area contributed by atoms with E-state index in [2.05, 4.69) is 0 Å². The van der Waals surface area contributed by atoms with Gasteiger partial charge in [0.1, 0.15) is 18.2 Å². The number of nitro groups is 1. The normalized spacial score (nSPS) is 9.19. The molecule has 0 bridgehead atoms. The van der Waals surface area contributed by atoms with E-state index >= 15 is 0 Å². The Bertz CT molecular complexity index is 867. The van der Waals surface area contributed by atoms with Gasteiger partial charge in [-0.3, -0.25) is 10.1 Å². The van der Waals surface area contributed by atoms with Gasteiger partial charge in [0, 0.05) is 12.1 Å². The Balaban J connectivity index is 2.63. The third-order valence-corrected chi connectivity index (χ3v) is 2.91. The van der Waals surface area contributed by atoms with Gasteiger partial charge in [-0.2, -0.15) is 15.8 Å². The van der Waals surface area contributed by atoms with Crippen LogP contribution < -0.4 is 0 Å². The Morgan fingerprint density at radius 1 is 0.857 bits per heavy atom. The summed E-state index contributed by atoms with van der Waals surface area (Å²) in [7, 11) is 0. The molecule has 0 saturated heterocycles. The van der Waals surface area contributed by atoms with Gasteiger partial charge < -0.3 is 0 Å². The summed E-state index contributed by atoms with van der Waals surface area (Å²) in [6.45, 7) is 0. The highest BCUT2D eigenvalue weighted by Crippen LogP contribution is 2.28. The summed E-state index contributed by atoms with van der Waals surface area (Å²) in [6, 6.07) is 14.2. The number of nitro benzene ring substituents is 1. The first-order valence-electron chi connectivity index (χ1n) is 5.74. The minimum atomic E-state index is -0.579. The van der Waals surface area contributed by atoms with Crippen LogP contribution in [0.25, 0.3) is 11.1 Å². The van der Waals surface area contributed by atoms with Gasteiger partial charge in [-0.15, -0.1) is 0 Å².